The number of nitrogens with zero attached hydrogens (tertiary/aromatic N) is 2. The molecule has 18 heavy (non-hydrogen) atoms. The van der Waals surface area contributed by atoms with Crippen LogP contribution in [0.2, 0.25) is 0 Å². The van der Waals surface area contributed by atoms with Gasteiger partial charge in [-0.05, 0) is 18.8 Å². The standard InChI is InChI=1S/C11H14N4O2S/c16-9(13-5-7-1-2-7)8-6-18-11(14-8)15-4-3-12-10(15)17/h6-7H,1-5H2,(H,12,17)(H,13,16). The molecule has 2 heterocycles. The summed E-state index contributed by atoms with van der Waals surface area (Å²) in [6.07, 6.45) is 2.41. The minimum atomic E-state index is -0.149. The highest BCUT2D eigenvalue weighted by Gasteiger charge is 2.26. The monoisotopic (exact) mass is 266 g/mol. The van der Waals surface area contributed by atoms with Crippen LogP contribution in [0.15, 0.2) is 5.38 Å². The van der Waals surface area contributed by atoms with Gasteiger partial charge in [-0.25, -0.2) is 9.78 Å². The average Bonchev–Trinajstić information content (AvgIpc) is 2.88. The molecule has 96 valence electrons. The lowest BCUT2D eigenvalue weighted by Crippen LogP contribution is -2.28. The molecule has 0 unspecified atom stereocenters. The molecule has 6 nitrogen and oxygen atoms in total. The second-order valence-corrected chi connectivity index (χ2v) is 5.39. The minimum Gasteiger partial charge on any atom is -0.350 e. The molecule has 0 spiro atoms. The molecule has 3 amide bonds. The van der Waals surface area contributed by atoms with Gasteiger partial charge in [0.25, 0.3) is 5.91 Å². The Morgan fingerprint density at radius 2 is 2.44 bits per heavy atom. The van der Waals surface area contributed by atoms with Crippen molar-refractivity contribution >= 4 is 28.4 Å². The fourth-order valence-corrected chi connectivity index (χ4v) is 2.63. The van der Waals surface area contributed by atoms with Crippen molar-refractivity contribution in [1.29, 1.82) is 0 Å². The fraction of sp³-hybridized carbons (Fsp3) is 0.545. The topological polar surface area (TPSA) is 74.3 Å². The number of hydrogen-bond donors (Lipinski definition) is 2. The first-order valence-corrected chi connectivity index (χ1v) is 6.91. The van der Waals surface area contributed by atoms with Crippen LogP contribution in [0.4, 0.5) is 9.93 Å². The van der Waals surface area contributed by atoms with Gasteiger partial charge in [0.15, 0.2) is 5.13 Å². The van der Waals surface area contributed by atoms with Crippen LogP contribution in [0.5, 0.6) is 0 Å². The first-order chi connectivity index (χ1) is 8.74. The molecule has 2 N–H and O–H groups in total. The molecular formula is C11H14N4O2S. The molecule has 0 atom stereocenters. The van der Waals surface area contributed by atoms with Gasteiger partial charge in [0.05, 0.1) is 0 Å². The predicted molar refractivity (Wildman–Crippen MR) is 67.9 cm³/mol. The number of hydrogen-bond acceptors (Lipinski definition) is 4. The van der Waals surface area contributed by atoms with Crippen molar-refractivity contribution in [2.75, 3.05) is 24.5 Å². The third-order valence-corrected chi connectivity index (χ3v) is 3.92. The van der Waals surface area contributed by atoms with Gasteiger partial charge in [0.2, 0.25) is 0 Å². The van der Waals surface area contributed by atoms with Crippen molar-refractivity contribution in [3.63, 3.8) is 0 Å². The van der Waals surface area contributed by atoms with Crippen LogP contribution in [0, 0.1) is 5.92 Å². The molecule has 1 saturated carbocycles. The number of thiazole rings is 1. The van der Waals surface area contributed by atoms with Gasteiger partial charge < -0.3 is 10.6 Å². The maximum absolute atomic E-state index is 11.8. The van der Waals surface area contributed by atoms with Gasteiger partial charge in [-0.1, -0.05) is 0 Å². The van der Waals surface area contributed by atoms with Gasteiger partial charge in [0, 0.05) is 25.0 Å². The van der Waals surface area contributed by atoms with Crippen LogP contribution in [0.25, 0.3) is 0 Å². The van der Waals surface area contributed by atoms with Crippen LogP contribution in [0.1, 0.15) is 23.3 Å². The maximum atomic E-state index is 11.8. The van der Waals surface area contributed by atoms with Crippen molar-refractivity contribution in [2.45, 2.75) is 12.8 Å². The number of aromatic nitrogens is 1. The number of carbonyl (C=O) groups is 2. The van der Waals surface area contributed by atoms with E-state index in [9.17, 15) is 9.59 Å². The summed E-state index contributed by atoms with van der Waals surface area (Å²) in [5.41, 5.74) is 0.398. The number of carbonyl (C=O) groups excluding carboxylic acids is 2. The van der Waals surface area contributed by atoms with E-state index in [1.165, 1.54) is 24.2 Å². The van der Waals surface area contributed by atoms with E-state index in [-0.39, 0.29) is 11.9 Å². The van der Waals surface area contributed by atoms with E-state index in [0.29, 0.717) is 29.8 Å². The van der Waals surface area contributed by atoms with E-state index in [4.69, 9.17) is 0 Å². The zero-order valence-corrected chi connectivity index (χ0v) is 10.6. The molecule has 7 heteroatoms. The lowest BCUT2D eigenvalue weighted by Gasteiger charge is -2.08. The lowest BCUT2D eigenvalue weighted by atomic mass is 10.4. The summed E-state index contributed by atoms with van der Waals surface area (Å²) in [4.78, 5) is 29.0. The Balaban J connectivity index is 1.64. The number of urea groups is 1. The summed E-state index contributed by atoms with van der Waals surface area (Å²) >= 11 is 1.32. The van der Waals surface area contributed by atoms with Crippen LogP contribution in [-0.2, 0) is 0 Å². The van der Waals surface area contributed by atoms with Crippen LogP contribution in [-0.4, -0.2) is 36.6 Å². The zero-order chi connectivity index (χ0) is 12.5. The summed E-state index contributed by atoms with van der Waals surface area (Å²) in [6.45, 7) is 1.97. The highest BCUT2D eigenvalue weighted by molar-refractivity contribution is 7.14. The quantitative estimate of drug-likeness (QED) is 0.847. The lowest BCUT2D eigenvalue weighted by molar-refractivity contribution is 0.0947. The Hall–Kier alpha value is -1.63. The minimum absolute atomic E-state index is 0.144. The Morgan fingerprint density at radius 3 is 3.11 bits per heavy atom. The SMILES string of the molecule is O=C(NCC1CC1)c1csc(N2CCNC2=O)n1. The van der Waals surface area contributed by atoms with Crippen molar-refractivity contribution < 1.29 is 9.59 Å². The van der Waals surface area contributed by atoms with E-state index in [1.807, 2.05) is 0 Å². The number of amides is 3. The second kappa shape index (κ2) is 4.56. The molecular weight excluding hydrogens is 252 g/mol. The van der Waals surface area contributed by atoms with Gasteiger partial charge in [-0.15, -0.1) is 11.3 Å². The third-order valence-electron chi connectivity index (χ3n) is 3.06. The van der Waals surface area contributed by atoms with E-state index in [2.05, 4.69) is 15.6 Å². The molecule has 3 rings (SSSR count). The van der Waals surface area contributed by atoms with E-state index in [1.54, 1.807) is 10.3 Å². The molecule has 1 aromatic heterocycles. The summed E-state index contributed by atoms with van der Waals surface area (Å²) in [5, 5.41) is 7.85. The van der Waals surface area contributed by atoms with E-state index < -0.39 is 0 Å². The highest BCUT2D eigenvalue weighted by Crippen LogP contribution is 2.28. The first-order valence-electron chi connectivity index (χ1n) is 6.03. The summed E-state index contributed by atoms with van der Waals surface area (Å²) in [7, 11) is 0. The van der Waals surface area contributed by atoms with Gasteiger partial charge >= 0.3 is 6.03 Å². The molecule has 1 aliphatic heterocycles. The number of nitrogens with one attached hydrogen (secondary N) is 2. The molecule has 0 radical (unpaired) electrons. The summed E-state index contributed by atoms with van der Waals surface area (Å²) in [6, 6.07) is -0.144. The van der Waals surface area contributed by atoms with Crippen LogP contribution >= 0.6 is 11.3 Å². The second-order valence-electron chi connectivity index (χ2n) is 4.55. The number of rotatable bonds is 4. The summed E-state index contributed by atoms with van der Waals surface area (Å²) in [5.74, 6) is 0.500. The normalized spacial score (nSPS) is 18.9. The van der Waals surface area contributed by atoms with Gasteiger partial charge in [-0.3, -0.25) is 9.69 Å². The van der Waals surface area contributed by atoms with E-state index >= 15 is 0 Å². The fourth-order valence-electron chi connectivity index (χ4n) is 1.80. The zero-order valence-electron chi connectivity index (χ0n) is 9.81. The van der Waals surface area contributed by atoms with E-state index in [0.717, 1.165) is 6.54 Å². The number of anilines is 1. The average molecular weight is 266 g/mol. The predicted octanol–water partition coefficient (Wildman–Crippen LogP) is 0.812. The Kier molecular flexibility index (Phi) is 2.91. The molecule has 1 aromatic rings. The van der Waals surface area contributed by atoms with Crippen molar-refractivity contribution in [1.82, 2.24) is 15.6 Å². The molecule has 1 aliphatic carbocycles. The molecule has 1 saturated heterocycles. The highest BCUT2D eigenvalue weighted by atomic mass is 32.1. The summed E-state index contributed by atoms with van der Waals surface area (Å²) < 4.78 is 0. The maximum Gasteiger partial charge on any atom is 0.323 e. The Morgan fingerprint density at radius 1 is 1.61 bits per heavy atom. The van der Waals surface area contributed by atoms with Crippen molar-refractivity contribution in [3.8, 4) is 0 Å². The molecule has 0 aromatic carbocycles. The van der Waals surface area contributed by atoms with Crippen LogP contribution < -0.4 is 15.5 Å². The molecule has 0 bridgehead atoms. The smallest absolute Gasteiger partial charge is 0.323 e. The van der Waals surface area contributed by atoms with Crippen molar-refractivity contribution in [3.05, 3.63) is 11.1 Å². The van der Waals surface area contributed by atoms with Gasteiger partial charge in [0.1, 0.15) is 5.69 Å². The molecule has 2 fully saturated rings. The molecule has 2 aliphatic rings. The third kappa shape index (κ3) is 2.31. The Bertz CT molecular complexity index is 483. The van der Waals surface area contributed by atoms with Crippen LogP contribution in [0.3, 0.4) is 0 Å². The largest absolute Gasteiger partial charge is 0.350 e. The first kappa shape index (κ1) is 11.5. The van der Waals surface area contributed by atoms with Gasteiger partial charge in [-0.2, -0.15) is 0 Å². The van der Waals surface area contributed by atoms with Crippen molar-refractivity contribution in [2.24, 2.45) is 5.92 Å². The Labute approximate surface area is 108 Å².